The first-order valence-corrected chi connectivity index (χ1v) is 9.32. The van der Waals surface area contributed by atoms with Gasteiger partial charge in [-0.1, -0.05) is 25.8 Å². The van der Waals surface area contributed by atoms with E-state index in [-0.39, 0.29) is 18.9 Å². The number of halogens is 5. The fraction of sp³-hybridized carbons (Fsp3) is 0.714. The summed E-state index contributed by atoms with van der Waals surface area (Å²) in [5.74, 6) is -8.54. The summed E-state index contributed by atoms with van der Waals surface area (Å²) in [4.78, 5) is 23.6. The lowest BCUT2D eigenvalue weighted by Gasteiger charge is -2.35. The van der Waals surface area contributed by atoms with Crippen LogP contribution in [0.4, 0.5) is 22.0 Å². The van der Waals surface area contributed by atoms with Gasteiger partial charge in [-0.05, 0) is 12.8 Å². The van der Waals surface area contributed by atoms with E-state index in [1.807, 2.05) is 5.32 Å². The standard InChI is InChI=1S/C14H18F5NO7S/c1-2-10(21)27-13(14(17,18)19,26-8-12(15,16)28(23,24)25)11(22)20-9-6-4-3-5-7-9/h2,9H,1,3-8H2,(H,20,22)(H,23,24,25). The van der Waals surface area contributed by atoms with Gasteiger partial charge in [-0.15, -0.1) is 0 Å². The Bertz CT molecular complexity index is 703. The zero-order valence-electron chi connectivity index (χ0n) is 14.3. The third-order valence-corrected chi connectivity index (χ3v) is 4.72. The number of hydrogen-bond donors (Lipinski definition) is 2. The summed E-state index contributed by atoms with van der Waals surface area (Å²) in [6.45, 7) is 0.220. The topological polar surface area (TPSA) is 119 Å². The Kier molecular flexibility index (Phi) is 7.53. The maximum atomic E-state index is 13.6. The molecule has 0 radical (unpaired) electrons. The molecular weight excluding hydrogens is 421 g/mol. The van der Waals surface area contributed by atoms with Crippen molar-refractivity contribution < 1.29 is 54.0 Å². The van der Waals surface area contributed by atoms with Gasteiger partial charge in [-0.3, -0.25) is 9.35 Å². The molecule has 1 aliphatic carbocycles. The lowest BCUT2D eigenvalue weighted by atomic mass is 9.95. The number of nitrogens with one attached hydrogen (secondary N) is 1. The first-order chi connectivity index (χ1) is 12.7. The van der Waals surface area contributed by atoms with E-state index in [0.29, 0.717) is 12.8 Å². The summed E-state index contributed by atoms with van der Waals surface area (Å²) in [7, 11) is -6.18. The smallest absolute Gasteiger partial charge is 0.412 e. The molecule has 0 spiro atoms. The highest BCUT2D eigenvalue weighted by Crippen LogP contribution is 2.38. The van der Waals surface area contributed by atoms with Crippen LogP contribution < -0.4 is 5.32 Å². The van der Waals surface area contributed by atoms with Gasteiger partial charge in [-0.2, -0.15) is 30.4 Å². The molecule has 0 saturated heterocycles. The minimum absolute atomic E-state index is 0.221. The molecule has 0 aromatic rings. The molecule has 2 N–H and O–H groups in total. The number of hydrogen-bond acceptors (Lipinski definition) is 6. The number of alkyl halides is 5. The Labute approximate surface area is 156 Å². The van der Waals surface area contributed by atoms with Crippen LogP contribution in [0.1, 0.15) is 32.1 Å². The van der Waals surface area contributed by atoms with Crippen molar-refractivity contribution in [3.63, 3.8) is 0 Å². The monoisotopic (exact) mass is 439 g/mol. The summed E-state index contributed by atoms with van der Waals surface area (Å²) in [5.41, 5.74) is 0. The van der Waals surface area contributed by atoms with Crippen molar-refractivity contribution in [2.24, 2.45) is 0 Å². The van der Waals surface area contributed by atoms with Gasteiger partial charge in [0, 0.05) is 12.1 Å². The molecule has 28 heavy (non-hydrogen) atoms. The van der Waals surface area contributed by atoms with Gasteiger partial charge in [0.1, 0.15) is 6.61 Å². The minimum atomic E-state index is -6.18. The molecule has 14 heteroatoms. The van der Waals surface area contributed by atoms with Crippen LogP contribution in [0.5, 0.6) is 0 Å². The molecule has 1 unspecified atom stereocenters. The summed E-state index contributed by atoms with van der Waals surface area (Å²) in [6.07, 6.45) is -3.14. The number of ether oxygens (including phenoxy) is 2. The van der Waals surface area contributed by atoms with E-state index in [1.54, 1.807) is 0 Å². The molecule has 0 bridgehead atoms. The molecule has 8 nitrogen and oxygen atoms in total. The van der Waals surface area contributed by atoms with Gasteiger partial charge in [0.2, 0.25) is 0 Å². The Balaban J connectivity index is 3.26. The molecule has 1 saturated carbocycles. The highest BCUT2D eigenvalue weighted by molar-refractivity contribution is 7.86. The van der Waals surface area contributed by atoms with Gasteiger partial charge in [0.15, 0.2) is 0 Å². The van der Waals surface area contributed by atoms with E-state index in [0.717, 1.165) is 6.42 Å². The maximum absolute atomic E-state index is 13.6. The number of amides is 1. The van der Waals surface area contributed by atoms with E-state index in [1.165, 1.54) is 0 Å². The highest BCUT2D eigenvalue weighted by atomic mass is 32.2. The predicted molar refractivity (Wildman–Crippen MR) is 82.5 cm³/mol. The SMILES string of the molecule is C=CC(=O)OC(OCC(F)(F)S(=O)(=O)O)(C(=O)NC1CCCCC1)C(F)(F)F. The number of rotatable bonds is 8. The van der Waals surface area contributed by atoms with Crippen molar-refractivity contribution in [2.45, 2.75) is 55.4 Å². The molecule has 1 fully saturated rings. The largest absolute Gasteiger partial charge is 0.466 e. The summed E-state index contributed by atoms with van der Waals surface area (Å²) in [5, 5.41) is -3.29. The second kappa shape index (κ2) is 8.69. The maximum Gasteiger partial charge on any atom is 0.466 e. The molecule has 0 aromatic carbocycles. The van der Waals surface area contributed by atoms with E-state index < -0.39 is 51.9 Å². The third kappa shape index (κ3) is 5.61. The van der Waals surface area contributed by atoms with Crippen molar-refractivity contribution in [3.05, 3.63) is 12.7 Å². The lowest BCUT2D eigenvalue weighted by Crippen LogP contribution is -2.63. The summed E-state index contributed by atoms with van der Waals surface area (Å²) >= 11 is 0. The zero-order chi connectivity index (χ0) is 21.8. The molecule has 0 aromatic heterocycles. The molecule has 0 aliphatic heterocycles. The van der Waals surface area contributed by atoms with Crippen molar-refractivity contribution in [3.8, 4) is 0 Å². The van der Waals surface area contributed by atoms with Crippen LogP contribution in [-0.2, 0) is 29.2 Å². The summed E-state index contributed by atoms with van der Waals surface area (Å²) in [6, 6.07) is -0.768. The van der Waals surface area contributed by atoms with Crippen LogP contribution in [0.3, 0.4) is 0 Å². The van der Waals surface area contributed by atoms with Crippen molar-refractivity contribution in [1.82, 2.24) is 5.32 Å². The van der Waals surface area contributed by atoms with Gasteiger partial charge in [-0.25, -0.2) is 4.79 Å². The van der Waals surface area contributed by atoms with Crippen LogP contribution in [0.25, 0.3) is 0 Å². The molecule has 0 heterocycles. The molecule has 1 rings (SSSR count). The molecule has 1 aliphatic rings. The first kappa shape index (κ1) is 24.2. The Morgan fingerprint density at radius 3 is 2.11 bits per heavy atom. The second-order valence-electron chi connectivity index (χ2n) is 5.95. The zero-order valence-corrected chi connectivity index (χ0v) is 15.1. The number of carbonyl (C=O) groups is 2. The molecule has 162 valence electrons. The molecule has 1 atom stereocenters. The van der Waals surface area contributed by atoms with Crippen LogP contribution in [0.15, 0.2) is 12.7 Å². The average molecular weight is 439 g/mol. The van der Waals surface area contributed by atoms with Gasteiger partial charge < -0.3 is 14.8 Å². The Morgan fingerprint density at radius 1 is 1.14 bits per heavy atom. The van der Waals surface area contributed by atoms with Gasteiger partial charge >= 0.3 is 39.2 Å². The lowest BCUT2D eigenvalue weighted by molar-refractivity contribution is -0.352. The average Bonchev–Trinajstić information content (AvgIpc) is 2.57. The van der Waals surface area contributed by atoms with E-state index in [4.69, 9.17) is 4.55 Å². The predicted octanol–water partition coefficient (Wildman–Crippen LogP) is 1.92. The fourth-order valence-electron chi connectivity index (χ4n) is 2.38. The number of carbonyl (C=O) groups excluding carboxylic acids is 2. The van der Waals surface area contributed by atoms with Crippen LogP contribution >= 0.6 is 0 Å². The quantitative estimate of drug-likeness (QED) is 0.195. The minimum Gasteiger partial charge on any atom is -0.412 e. The Hall–Kier alpha value is -1.80. The summed E-state index contributed by atoms with van der Waals surface area (Å²) < 4.78 is 105. The second-order valence-corrected chi connectivity index (χ2v) is 7.50. The molecule has 1 amide bonds. The van der Waals surface area contributed by atoms with Crippen LogP contribution in [0.2, 0.25) is 0 Å². The third-order valence-electron chi connectivity index (χ3n) is 3.84. The number of esters is 1. The van der Waals surface area contributed by atoms with Crippen LogP contribution in [0, 0.1) is 0 Å². The Morgan fingerprint density at radius 2 is 1.68 bits per heavy atom. The van der Waals surface area contributed by atoms with E-state index in [2.05, 4.69) is 16.1 Å². The normalized spacial score (nSPS) is 18.8. The highest BCUT2D eigenvalue weighted by Gasteiger charge is 2.67. The van der Waals surface area contributed by atoms with Crippen molar-refractivity contribution in [1.29, 1.82) is 0 Å². The van der Waals surface area contributed by atoms with Crippen molar-refractivity contribution in [2.75, 3.05) is 6.61 Å². The van der Waals surface area contributed by atoms with Gasteiger partial charge in [0.25, 0.3) is 0 Å². The van der Waals surface area contributed by atoms with Crippen LogP contribution in [-0.4, -0.2) is 54.7 Å². The van der Waals surface area contributed by atoms with Crippen molar-refractivity contribution >= 4 is 22.0 Å². The van der Waals surface area contributed by atoms with E-state index in [9.17, 15) is 40.0 Å². The van der Waals surface area contributed by atoms with E-state index >= 15 is 0 Å². The van der Waals surface area contributed by atoms with Gasteiger partial charge in [0.05, 0.1) is 0 Å². The fourth-order valence-corrected chi connectivity index (χ4v) is 2.59. The first-order valence-electron chi connectivity index (χ1n) is 7.88. The molecular formula is C14H18F5NO7S.